The molecule has 1 atom stereocenters. The van der Waals surface area contributed by atoms with Crippen LogP contribution in [0.5, 0.6) is 0 Å². The number of hydrogen-bond donors (Lipinski definition) is 2. The van der Waals surface area contributed by atoms with Gasteiger partial charge in [0, 0.05) is 32.2 Å². The SMILES string of the molecule is COCCNC(=O)CN1CCC(O)C(C)(C)C1. The van der Waals surface area contributed by atoms with Crippen LogP contribution >= 0.6 is 0 Å². The zero-order valence-corrected chi connectivity index (χ0v) is 11.0. The summed E-state index contributed by atoms with van der Waals surface area (Å²) in [7, 11) is 1.61. The number of piperidine rings is 1. The number of nitrogens with one attached hydrogen (secondary N) is 1. The number of ether oxygens (including phenoxy) is 1. The minimum Gasteiger partial charge on any atom is -0.392 e. The highest BCUT2D eigenvalue weighted by atomic mass is 16.5. The van der Waals surface area contributed by atoms with E-state index in [0.717, 1.165) is 19.5 Å². The molecule has 0 aromatic carbocycles. The predicted octanol–water partition coefficient (Wildman–Crippen LogP) is -0.158. The van der Waals surface area contributed by atoms with Crippen molar-refractivity contribution < 1.29 is 14.6 Å². The third kappa shape index (κ3) is 4.61. The van der Waals surface area contributed by atoms with Crippen LogP contribution in [0.1, 0.15) is 20.3 Å². The molecule has 1 fully saturated rings. The Morgan fingerprint density at radius 1 is 1.59 bits per heavy atom. The highest BCUT2D eigenvalue weighted by Crippen LogP contribution is 2.28. The fraction of sp³-hybridized carbons (Fsp3) is 0.917. The van der Waals surface area contributed by atoms with Crippen molar-refractivity contribution in [1.82, 2.24) is 10.2 Å². The molecule has 1 aliphatic heterocycles. The van der Waals surface area contributed by atoms with E-state index in [1.807, 2.05) is 13.8 Å². The first-order valence-corrected chi connectivity index (χ1v) is 6.12. The third-order valence-electron chi connectivity index (χ3n) is 3.25. The van der Waals surface area contributed by atoms with Crippen LogP contribution in [0, 0.1) is 5.41 Å². The Bertz CT molecular complexity index is 256. The van der Waals surface area contributed by atoms with Crippen molar-refractivity contribution in [2.24, 2.45) is 5.41 Å². The molecule has 1 unspecified atom stereocenters. The molecule has 0 radical (unpaired) electrons. The molecule has 0 aliphatic carbocycles. The van der Waals surface area contributed by atoms with Crippen molar-refractivity contribution in [3.8, 4) is 0 Å². The summed E-state index contributed by atoms with van der Waals surface area (Å²) in [6.45, 7) is 7.10. The minimum atomic E-state index is -0.268. The average Bonchev–Trinajstić information content (AvgIpc) is 2.23. The van der Waals surface area contributed by atoms with Gasteiger partial charge in [-0.1, -0.05) is 13.8 Å². The number of rotatable bonds is 5. The van der Waals surface area contributed by atoms with E-state index >= 15 is 0 Å². The Hall–Kier alpha value is -0.650. The summed E-state index contributed by atoms with van der Waals surface area (Å²) < 4.78 is 4.87. The summed E-state index contributed by atoms with van der Waals surface area (Å²) >= 11 is 0. The second kappa shape index (κ2) is 6.33. The van der Waals surface area contributed by atoms with Gasteiger partial charge in [0.25, 0.3) is 0 Å². The van der Waals surface area contributed by atoms with Gasteiger partial charge in [-0.2, -0.15) is 0 Å². The van der Waals surface area contributed by atoms with Gasteiger partial charge in [0.05, 0.1) is 19.3 Å². The summed E-state index contributed by atoms with van der Waals surface area (Å²) in [5.41, 5.74) is -0.134. The maximum Gasteiger partial charge on any atom is 0.234 e. The molecule has 0 saturated carbocycles. The van der Waals surface area contributed by atoms with Crippen molar-refractivity contribution in [3.63, 3.8) is 0 Å². The van der Waals surface area contributed by atoms with E-state index in [-0.39, 0.29) is 17.4 Å². The van der Waals surface area contributed by atoms with Gasteiger partial charge in [0.15, 0.2) is 0 Å². The number of likely N-dealkylation sites (tertiary alicyclic amines) is 1. The lowest BCUT2D eigenvalue weighted by molar-refractivity contribution is -0.124. The van der Waals surface area contributed by atoms with Gasteiger partial charge < -0.3 is 15.2 Å². The van der Waals surface area contributed by atoms with Crippen LogP contribution in [0.25, 0.3) is 0 Å². The van der Waals surface area contributed by atoms with Crippen LogP contribution in [0.3, 0.4) is 0 Å². The fourth-order valence-electron chi connectivity index (χ4n) is 2.14. The molecule has 1 rings (SSSR count). The Kier molecular flexibility index (Phi) is 5.36. The first-order chi connectivity index (χ1) is 7.95. The molecule has 1 heterocycles. The molecule has 5 nitrogen and oxygen atoms in total. The molecule has 17 heavy (non-hydrogen) atoms. The van der Waals surface area contributed by atoms with E-state index in [9.17, 15) is 9.90 Å². The van der Waals surface area contributed by atoms with Gasteiger partial charge in [-0.25, -0.2) is 0 Å². The minimum absolute atomic E-state index is 0.0224. The monoisotopic (exact) mass is 244 g/mol. The standard InChI is InChI=1S/C12H24N2O3/c1-12(2)9-14(6-4-10(12)15)8-11(16)13-5-7-17-3/h10,15H,4-9H2,1-3H3,(H,13,16). The number of hydrogen-bond acceptors (Lipinski definition) is 4. The number of aliphatic hydroxyl groups excluding tert-OH is 1. The van der Waals surface area contributed by atoms with Gasteiger partial charge in [-0.3, -0.25) is 9.69 Å². The Balaban J connectivity index is 2.30. The number of amides is 1. The van der Waals surface area contributed by atoms with Crippen molar-refractivity contribution in [3.05, 3.63) is 0 Å². The molecule has 0 aromatic rings. The molecule has 5 heteroatoms. The van der Waals surface area contributed by atoms with E-state index in [4.69, 9.17) is 4.74 Å². The topological polar surface area (TPSA) is 61.8 Å². The van der Waals surface area contributed by atoms with Crippen LogP contribution in [-0.4, -0.2) is 61.9 Å². The summed E-state index contributed by atoms with van der Waals surface area (Å²) in [4.78, 5) is 13.7. The van der Waals surface area contributed by atoms with Crippen LogP contribution in [0.4, 0.5) is 0 Å². The molecular formula is C12H24N2O3. The van der Waals surface area contributed by atoms with Crippen LogP contribution in [0.15, 0.2) is 0 Å². The Morgan fingerprint density at radius 2 is 2.29 bits per heavy atom. The zero-order chi connectivity index (χ0) is 12.9. The van der Waals surface area contributed by atoms with Gasteiger partial charge in [0.1, 0.15) is 0 Å². The summed E-state index contributed by atoms with van der Waals surface area (Å²) in [6, 6.07) is 0. The molecule has 100 valence electrons. The quantitative estimate of drug-likeness (QED) is 0.660. The molecule has 1 amide bonds. The number of carbonyl (C=O) groups is 1. The van der Waals surface area contributed by atoms with Crippen LogP contribution in [-0.2, 0) is 9.53 Å². The predicted molar refractivity (Wildman–Crippen MR) is 65.7 cm³/mol. The molecule has 1 saturated heterocycles. The maximum absolute atomic E-state index is 11.6. The van der Waals surface area contributed by atoms with Crippen molar-refractivity contribution >= 4 is 5.91 Å². The van der Waals surface area contributed by atoms with Crippen molar-refractivity contribution in [2.45, 2.75) is 26.4 Å². The number of methoxy groups -OCH3 is 1. The largest absolute Gasteiger partial charge is 0.392 e. The normalized spacial score (nSPS) is 24.6. The third-order valence-corrected chi connectivity index (χ3v) is 3.25. The Morgan fingerprint density at radius 3 is 2.88 bits per heavy atom. The molecule has 0 bridgehead atoms. The first kappa shape index (κ1) is 14.4. The van der Waals surface area contributed by atoms with E-state index in [1.165, 1.54) is 0 Å². The Labute approximate surface area is 103 Å². The van der Waals surface area contributed by atoms with Gasteiger partial charge in [-0.05, 0) is 6.42 Å². The lowest BCUT2D eigenvalue weighted by Gasteiger charge is -2.41. The van der Waals surface area contributed by atoms with E-state index in [1.54, 1.807) is 7.11 Å². The molecular weight excluding hydrogens is 220 g/mol. The van der Waals surface area contributed by atoms with E-state index in [2.05, 4.69) is 10.2 Å². The van der Waals surface area contributed by atoms with Crippen LogP contribution < -0.4 is 5.32 Å². The highest BCUT2D eigenvalue weighted by molar-refractivity contribution is 5.78. The molecule has 1 aliphatic rings. The molecule has 0 aromatic heterocycles. The van der Waals surface area contributed by atoms with Gasteiger partial charge >= 0.3 is 0 Å². The van der Waals surface area contributed by atoms with E-state index < -0.39 is 0 Å². The second-order valence-electron chi connectivity index (χ2n) is 5.35. The summed E-state index contributed by atoms with van der Waals surface area (Å²) in [5, 5.41) is 12.6. The summed E-state index contributed by atoms with van der Waals surface area (Å²) in [6.07, 6.45) is 0.466. The van der Waals surface area contributed by atoms with Crippen molar-refractivity contribution in [1.29, 1.82) is 0 Å². The number of nitrogens with zero attached hydrogens (tertiary/aromatic N) is 1. The zero-order valence-electron chi connectivity index (χ0n) is 11.0. The van der Waals surface area contributed by atoms with Gasteiger partial charge in [-0.15, -0.1) is 0 Å². The first-order valence-electron chi connectivity index (χ1n) is 6.12. The lowest BCUT2D eigenvalue weighted by atomic mass is 9.81. The fourth-order valence-corrected chi connectivity index (χ4v) is 2.14. The van der Waals surface area contributed by atoms with Crippen molar-refractivity contribution in [2.75, 3.05) is 39.9 Å². The maximum atomic E-state index is 11.6. The van der Waals surface area contributed by atoms with Crippen LogP contribution in [0.2, 0.25) is 0 Å². The molecule has 0 spiro atoms. The van der Waals surface area contributed by atoms with Gasteiger partial charge in [0.2, 0.25) is 5.91 Å². The smallest absolute Gasteiger partial charge is 0.234 e. The summed E-state index contributed by atoms with van der Waals surface area (Å²) in [5.74, 6) is 0.0224. The average molecular weight is 244 g/mol. The highest BCUT2D eigenvalue weighted by Gasteiger charge is 2.34. The number of carbonyl (C=O) groups excluding carboxylic acids is 1. The van der Waals surface area contributed by atoms with E-state index in [0.29, 0.717) is 19.7 Å². The lowest BCUT2D eigenvalue weighted by Crippen LogP contribution is -2.51. The second-order valence-corrected chi connectivity index (χ2v) is 5.35. The number of aliphatic hydroxyl groups is 1. The molecule has 2 N–H and O–H groups in total.